The SMILES string of the molecule is CCCCN(CC)C(=O)c1noc2c1COc1ccccc1-2. The Morgan fingerprint density at radius 3 is 2.91 bits per heavy atom. The second-order valence-corrected chi connectivity index (χ2v) is 5.36. The summed E-state index contributed by atoms with van der Waals surface area (Å²) in [6, 6.07) is 7.64. The fourth-order valence-corrected chi connectivity index (χ4v) is 2.65. The number of nitrogens with zero attached hydrogens (tertiary/aromatic N) is 2. The number of carbonyl (C=O) groups is 1. The number of hydrogen-bond donors (Lipinski definition) is 0. The molecule has 1 aliphatic heterocycles. The predicted molar refractivity (Wildman–Crippen MR) is 82.8 cm³/mol. The quantitative estimate of drug-likeness (QED) is 0.848. The van der Waals surface area contributed by atoms with Crippen molar-refractivity contribution in [3.05, 3.63) is 35.5 Å². The van der Waals surface area contributed by atoms with Gasteiger partial charge in [0.25, 0.3) is 5.91 Å². The number of benzene rings is 1. The van der Waals surface area contributed by atoms with Crippen LogP contribution >= 0.6 is 0 Å². The van der Waals surface area contributed by atoms with Gasteiger partial charge < -0.3 is 14.2 Å². The molecule has 5 heteroatoms. The minimum absolute atomic E-state index is 0.0797. The Labute approximate surface area is 129 Å². The highest BCUT2D eigenvalue weighted by atomic mass is 16.5. The molecule has 2 heterocycles. The number of para-hydroxylation sites is 1. The number of carbonyl (C=O) groups excluding carboxylic acids is 1. The van der Waals surface area contributed by atoms with Gasteiger partial charge in [-0.1, -0.05) is 30.6 Å². The summed E-state index contributed by atoms with van der Waals surface area (Å²) in [7, 11) is 0. The number of amides is 1. The molecule has 0 atom stereocenters. The molecule has 0 spiro atoms. The van der Waals surface area contributed by atoms with Gasteiger partial charge in [0.05, 0.1) is 11.1 Å². The van der Waals surface area contributed by atoms with E-state index in [9.17, 15) is 4.79 Å². The van der Waals surface area contributed by atoms with Gasteiger partial charge in [0.1, 0.15) is 12.4 Å². The Balaban J connectivity index is 1.92. The largest absolute Gasteiger partial charge is 0.488 e. The Bertz CT molecular complexity index is 678. The van der Waals surface area contributed by atoms with Crippen LogP contribution in [0.15, 0.2) is 28.8 Å². The van der Waals surface area contributed by atoms with E-state index in [-0.39, 0.29) is 5.91 Å². The summed E-state index contributed by atoms with van der Waals surface area (Å²) in [5, 5.41) is 4.03. The number of hydrogen-bond acceptors (Lipinski definition) is 4. The van der Waals surface area contributed by atoms with E-state index in [0.717, 1.165) is 36.3 Å². The minimum Gasteiger partial charge on any atom is -0.488 e. The van der Waals surface area contributed by atoms with Gasteiger partial charge >= 0.3 is 0 Å². The summed E-state index contributed by atoms with van der Waals surface area (Å²) < 4.78 is 11.2. The maximum Gasteiger partial charge on any atom is 0.276 e. The number of ether oxygens (including phenoxy) is 1. The summed E-state index contributed by atoms with van der Waals surface area (Å²) in [4.78, 5) is 14.5. The van der Waals surface area contributed by atoms with Crippen LogP contribution in [0.25, 0.3) is 11.3 Å². The molecule has 0 unspecified atom stereocenters. The first-order chi connectivity index (χ1) is 10.8. The Morgan fingerprint density at radius 1 is 1.32 bits per heavy atom. The second-order valence-electron chi connectivity index (χ2n) is 5.36. The van der Waals surface area contributed by atoms with Crippen LogP contribution in [0.3, 0.4) is 0 Å². The molecule has 3 rings (SSSR count). The lowest BCUT2D eigenvalue weighted by Gasteiger charge is -2.21. The van der Waals surface area contributed by atoms with E-state index in [1.165, 1.54) is 0 Å². The fourth-order valence-electron chi connectivity index (χ4n) is 2.65. The second kappa shape index (κ2) is 6.22. The Kier molecular flexibility index (Phi) is 4.13. The molecule has 0 fully saturated rings. The standard InChI is InChI=1S/C17H20N2O3/c1-3-5-10-19(4-2)17(20)15-13-11-21-14-9-7-6-8-12(14)16(13)22-18-15/h6-9H,3-5,10-11H2,1-2H3. The summed E-state index contributed by atoms with van der Waals surface area (Å²) in [6.45, 7) is 5.82. The highest BCUT2D eigenvalue weighted by Crippen LogP contribution is 2.38. The molecule has 0 saturated heterocycles. The van der Waals surface area contributed by atoms with Gasteiger partial charge in [-0.2, -0.15) is 0 Å². The van der Waals surface area contributed by atoms with Crippen LogP contribution in [0, 0.1) is 0 Å². The van der Waals surface area contributed by atoms with Gasteiger partial charge in [-0.3, -0.25) is 4.79 Å². The topological polar surface area (TPSA) is 55.6 Å². The van der Waals surface area contributed by atoms with Gasteiger partial charge in [-0.25, -0.2) is 0 Å². The van der Waals surface area contributed by atoms with Crippen molar-refractivity contribution < 1.29 is 14.1 Å². The fraction of sp³-hybridized carbons (Fsp3) is 0.412. The first kappa shape index (κ1) is 14.6. The van der Waals surface area contributed by atoms with Gasteiger partial charge in [0.15, 0.2) is 11.5 Å². The molecule has 0 bridgehead atoms. The first-order valence-electron chi connectivity index (χ1n) is 7.76. The maximum atomic E-state index is 12.7. The van der Waals surface area contributed by atoms with E-state index in [4.69, 9.17) is 9.26 Å². The summed E-state index contributed by atoms with van der Waals surface area (Å²) in [5.74, 6) is 1.34. The molecule has 1 aromatic carbocycles. The zero-order chi connectivity index (χ0) is 15.5. The lowest BCUT2D eigenvalue weighted by atomic mass is 10.0. The van der Waals surface area contributed by atoms with E-state index in [1.807, 2.05) is 36.1 Å². The first-order valence-corrected chi connectivity index (χ1v) is 7.76. The van der Waals surface area contributed by atoms with Crippen LogP contribution in [0.2, 0.25) is 0 Å². The number of rotatable bonds is 5. The average molecular weight is 300 g/mol. The van der Waals surface area contributed by atoms with Gasteiger partial charge in [-0.05, 0) is 25.5 Å². The molecule has 1 amide bonds. The van der Waals surface area contributed by atoms with Crippen molar-refractivity contribution in [3.8, 4) is 17.1 Å². The molecular weight excluding hydrogens is 280 g/mol. The van der Waals surface area contributed by atoms with E-state index in [1.54, 1.807) is 0 Å². The smallest absolute Gasteiger partial charge is 0.276 e. The maximum absolute atomic E-state index is 12.7. The molecule has 2 aromatic rings. The van der Waals surface area contributed by atoms with Gasteiger partial charge in [0, 0.05) is 13.1 Å². The summed E-state index contributed by atoms with van der Waals surface area (Å²) in [6.07, 6.45) is 2.04. The Hall–Kier alpha value is -2.30. The van der Waals surface area contributed by atoms with Crippen LogP contribution in [-0.4, -0.2) is 29.1 Å². The zero-order valence-electron chi connectivity index (χ0n) is 13.0. The molecule has 116 valence electrons. The number of fused-ring (bicyclic) bond motifs is 3. The van der Waals surface area contributed by atoms with Crippen LogP contribution in [-0.2, 0) is 6.61 Å². The summed E-state index contributed by atoms with van der Waals surface area (Å²) in [5.41, 5.74) is 1.98. The van der Waals surface area contributed by atoms with Gasteiger partial charge in [-0.15, -0.1) is 0 Å². The number of aromatic nitrogens is 1. The molecule has 0 radical (unpaired) electrons. The van der Waals surface area contributed by atoms with E-state index in [2.05, 4.69) is 12.1 Å². The lowest BCUT2D eigenvalue weighted by Crippen LogP contribution is -2.32. The normalized spacial score (nSPS) is 12.3. The van der Waals surface area contributed by atoms with Crippen molar-refractivity contribution in [2.75, 3.05) is 13.1 Å². The highest BCUT2D eigenvalue weighted by Gasteiger charge is 2.30. The van der Waals surface area contributed by atoms with Crippen molar-refractivity contribution in [1.82, 2.24) is 10.1 Å². The van der Waals surface area contributed by atoms with Crippen molar-refractivity contribution in [2.24, 2.45) is 0 Å². The molecule has 1 aromatic heterocycles. The molecule has 0 saturated carbocycles. The molecule has 5 nitrogen and oxygen atoms in total. The van der Waals surface area contributed by atoms with E-state index < -0.39 is 0 Å². The molecule has 0 aliphatic carbocycles. The predicted octanol–water partition coefficient (Wildman–Crippen LogP) is 3.50. The van der Waals surface area contributed by atoms with Gasteiger partial charge in [0.2, 0.25) is 0 Å². The van der Waals surface area contributed by atoms with Crippen LogP contribution in [0.1, 0.15) is 42.7 Å². The van der Waals surface area contributed by atoms with Crippen LogP contribution < -0.4 is 4.74 Å². The minimum atomic E-state index is -0.0797. The third kappa shape index (κ3) is 2.47. The molecule has 1 aliphatic rings. The third-order valence-corrected chi connectivity index (χ3v) is 3.94. The van der Waals surface area contributed by atoms with E-state index >= 15 is 0 Å². The monoisotopic (exact) mass is 300 g/mol. The van der Waals surface area contributed by atoms with Crippen molar-refractivity contribution in [3.63, 3.8) is 0 Å². The van der Waals surface area contributed by atoms with Crippen molar-refractivity contribution in [2.45, 2.75) is 33.3 Å². The highest BCUT2D eigenvalue weighted by molar-refractivity contribution is 5.95. The Morgan fingerprint density at radius 2 is 2.14 bits per heavy atom. The zero-order valence-corrected chi connectivity index (χ0v) is 13.0. The van der Waals surface area contributed by atoms with Crippen LogP contribution in [0.4, 0.5) is 0 Å². The average Bonchev–Trinajstić information content (AvgIpc) is 2.99. The van der Waals surface area contributed by atoms with Crippen molar-refractivity contribution in [1.29, 1.82) is 0 Å². The lowest BCUT2D eigenvalue weighted by molar-refractivity contribution is 0.0749. The third-order valence-electron chi connectivity index (χ3n) is 3.94. The molecule has 0 N–H and O–H groups in total. The number of unbranched alkanes of at least 4 members (excludes halogenated alkanes) is 1. The van der Waals surface area contributed by atoms with E-state index in [0.29, 0.717) is 24.6 Å². The van der Waals surface area contributed by atoms with Crippen molar-refractivity contribution >= 4 is 5.91 Å². The summed E-state index contributed by atoms with van der Waals surface area (Å²) >= 11 is 0. The van der Waals surface area contributed by atoms with Crippen LogP contribution in [0.5, 0.6) is 5.75 Å². The molecular formula is C17H20N2O3. The molecule has 22 heavy (non-hydrogen) atoms.